The second-order valence-corrected chi connectivity index (χ2v) is 5.78. The Morgan fingerprint density at radius 3 is 2.65 bits per heavy atom. The van der Waals surface area contributed by atoms with E-state index in [1.165, 1.54) is 11.1 Å². The van der Waals surface area contributed by atoms with Gasteiger partial charge < -0.3 is 10.1 Å². The molecule has 106 valence electrons. The fourth-order valence-corrected chi connectivity index (χ4v) is 2.39. The van der Waals surface area contributed by atoms with Gasteiger partial charge in [0.05, 0.1) is 11.6 Å². The number of hydrogen-bond acceptors (Lipinski definition) is 2. The third kappa shape index (κ3) is 3.90. The zero-order valence-electron chi connectivity index (χ0n) is 11.5. The fraction of sp³-hybridized carbons (Fsp3) is 0.250. The maximum Gasteiger partial charge on any atom is 0.138 e. The Morgan fingerprint density at radius 1 is 1.20 bits per heavy atom. The standard InChI is InChI=1S/C16H17BrClNO/c1-3-20-16-7-5-13(9-15(16)18)19-10-12-4-6-14(17)11(2)8-12/h4-9,19H,3,10H2,1-2H3. The van der Waals surface area contributed by atoms with Crippen molar-refractivity contribution >= 4 is 33.2 Å². The molecule has 2 aromatic carbocycles. The van der Waals surface area contributed by atoms with Gasteiger partial charge in [0.25, 0.3) is 0 Å². The van der Waals surface area contributed by atoms with Crippen LogP contribution >= 0.6 is 27.5 Å². The first kappa shape index (κ1) is 15.2. The number of aryl methyl sites for hydroxylation is 1. The number of ether oxygens (including phenoxy) is 1. The van der Waals surface area contributed by atoms with Crippen molar-refractivity contribution in [2.75, 3.05) is 11.9 Å². The zero-order chi connectivity index (χ0) is 14.5. The summed E-state index contributed by atoms with van der Waals surface area (Å²) in [5.74, 6) is 0.721. The summed E-state index contributed by atoms with van der Waals surface area (Å²) in [4.78, 5) is 0. The van der Waals surface area contributed by atoms with Crippen molar-refractivity contribution in [2.24, 2.45) is 0 Å². The number of benzene rings is 2. The van der Waals surface area contributed by atoms with E-state index < -0.39 is 0 Å². The molecule has 0 heterocycles. The Morgan fingerprint density at radius 2 is 2.00 bits per heavy atom. The molecule has 4 heteroatoms. The molecule has 0 unspecified atom stereocenters. The first-order chi connectivity index (χ1) is 9.60. The summed E-state index contributed by atoms with van der Waals surface area (Å²) >= 11 is 9.67. The molecule has 0 fully saturated rings. The Hall–Kier alpha value is -1.19. The second-order valence-electron chi connectivity index (χ2n) is 4.52. The predicted molar refractivity (Wildman–Crippen MR) is 88.8 cm³/mol. The average molecular weight is 355 g/mol. The van der Waals surface area contributed by atoms with Gasteiger partial charge in [-0.3, -0.25) is 0 Å². The Balaban J connectivity index is 2.03. The van der Waals surface area contributed by atoms with Gasteiger partial charge in [-0.05, 0) is 49.2 Å². The predicted octanol–water partition coefficient (Wildman–Crippen LogP) is 5.42. The van der Waals surface area contributed by atoms with Crippen molar-refractivity contribution in [3.05, 3.63) is 57.0 Å². The first-order valence-corrected chi connectivity index (χ1v) is 7.68. The summed E-state index contributed by atoms with van der Waals surface area (Å²) in [6.45, 7) is 5.41. The number of halogens is 2. The van der Waals surface area contributed by atoms with E-state index in [1.54, 1.807) is 0 Å². The Labute approximate surface area is 133 Å². The summed E-state index contributed by atoms with van der Waals surface area (Å²) in [5.41, 5.74) is 3.45. The fourth-order valence-electron chi connectivity index (χ4n) is 1.90. The zero-order valence-corrected chi connectivity index (χ0v) is 13.9. The second kappa shape index (κ2) is 7.00. The molecule has 0 aromatic heterocycles. The van der Waals surface area contributed by atoms with Crippen molar-refractivity contribution in [3.63, 3.8) is 0 Å². The molecule has 0 atom stereocenters. The van der Waals surface area contributed by atoms with Crippen LogP contribution in [0.25, 0.3) is 0 Å². The Kier molecular flexibility index (Phi) is 5.32. The van der Waals surface area contributed by atoms with Crippen molar-refractivity contribution in [1.29, 1.82) is 0 Å². The SMILES string of the molecule is CCOc1ccc(NCc2ccc(Br)c(C)c2)cc1Cl. The lowest BCUT2D eigenvalue weighted by Gasteiger charge is -2.10. The summed E-state index contributed by atoms with van der Waals surface area (Å²) in [7, 11) is 0. The van der Waals surface area contributed by atoms with Gasteiger partial charge >= 0.3 is 0 Å². The number of hydrogen-bond donors (Lipinski definition) is 1. The molecular weight excluding hydrogens is 338 g/mol. The maximum absolute atomic E-state index is 6.16. The van der Waals surface area contributed by atoms with Gasteiger partial charge in [0, 0.05) is 16.7 Å². The molecule has 0 bridgehead atoms. The number of rotatable bonds is 5. The third-order valence-electron chi connectivity index (χ3n) is 2.95. The topological polar surface area (TPSA) is 21.3 Å². The highest BCUT2D eigenvalue weighted by Crippen LogP contribution is 2.28. The number of anilines is 1. The molecule has 20 heavy (non-hydrogen) atoms. The lowest BCUT2D eigenvalue weighted by atomic mass is 10.1. The van der Waals surface area contributed by atoms with Gasteiger partial charge in [0.1, 0.15) is 5.75 Å². The van der Waals surface area contributed by atoms with Crippen LogP contribution in [0.5, 0.6) is 5.75 Å². The molecule has 2 aromatic rings. The molecule has 2 rings (SSSR count). The molecule has 0 radical (unpaired) electrons. The molecule has 0 aliphatic carbocycles. The van der Waals surface area contributed by atoms with E-state index in [0.29, 0.717) is 11.6 Å². The monoisotopic (exact) mass is 353 g/mol. The molecular formula is C16H17BrClNO. The van der Waals surface area contributed by atoms with Crippen LogP contribution in [0.15, 0.2) is 40.9 Å². The van der Waals surface area contributed by atoms with Crippen molar-refractivity contribution < 1.29 is 4.74 Å². The van der Waals surface area contributed by atoms with E-state index >= 15 is 0 Å². The molecule has 0 spiro atoms. The lowest BCUT2D eigenvalue weighted by molar-refractivity contribution is 0.340. The quantitative estimate of drug-likeness (QED) is 0.774. The molecule has 0 saturated heterocycles. The summed E-state index contributed by atoms with van der Waals surface area (Å²) < 4.78 is 6.55. The summed E-state index contributed by atoms with van der Waals surface area (Å²) in [5, 5.41) is 3.99. The molecule has 0 amide bonds. The maximum atomic E-state index is 6.16. The normalized spacial score (nSPS) is 10.4. The molecule has 0 aliphatic heterocycles. The van der Waals surface area contributed by atoms with Gasteiger partial charge in [-0.15, -0.1) is 0 Å². The van der Waals surface area contributed by atoms with E-state index in [4.69, 9.17) is 16.3 Å². The Bertz CT molecular complexity index is 601. The highest BCUT2D eigenvalue weighted by atomic mass is 79.9. The van der Waals surface area contributed by atoms with Gasteiger partial charge in [-0.2, -0.15) is 0 Å². The van der Waals surface area contributed by atoms with Crippen LogP contribution in [-0.4, -0.2) is 6.61 Å². The van der Waals surface area contributed by atoms with Crippen LogP contribution in [0.3, 0.4) is 0 Å². The highest BCUT2D eigenvalue weighted by Gasteiger charge is 2.03. The van der Waals surface area contributed by atoms with E-state index in [0.717, 1.165) is 22.5 Å². The minimum atomic E-state index is 0.616. The van der Waals surface area contributed by atoms with Crippen LogP contribution < -0.4 is 10.1 Å². The van der Waals surface area contributed by atoms with Crippen LogP contribution in [0.1, 0.15) is 18.1 Å². The van der Waals surface area contributed by atoms with Crippen molar-refractivity contribution in [3.8, 4) is 5.75 Å². The summed E-state index contributed by atoms with van der Waals surface area (Å²) in [6, 6.07) is 12.1. The largest absolute Gasteiger partial charge is 0.492 e. The minimum Gasteiger partial charge on any atom is -0.492 e. The summed E-state index contributed by atoms with van der Waals surface area (Å²) in [6.07, 6.45) is 0. The van der Waals surface area contributed by atoms with E-state index in [2.05, 4.69) is 46.4 Å². The van der Waals surface area contributed by atoms with Gasteiger partial charge in [-0.1, -0.05) is 39.7 Å². The van der Waals surface area contributed by atoms with Gasteiger partial charge in [0.15, 0.2) is 0 Å². The minimum absolute atomic E-state index is 0.616. The molecule has 0 aliphatic rings. The van der Waals surface area contributed by atoms with E-state index in [9.17, 15) is 0 Å². The van der Waals surface area contributed by atoms with Crippen molar-refractivity contribution in [2.45, 2.75) is 20.4 Å². The third-order valence-corrected chi connectivity index (χ3v) is 4.14. The average Bonchev–Trinajstić information content (AvgIpc) is 2.43. The van der Waals surface area contributed by atoms with Crippen molar-refractivity contribution in [1.82, 2.24) is 0 Å². The van der Waals surface area contributed by atoms with Crippen LogP contribution in [0.2, 0.25) is 5.02 Å². The van der Waals surface area contributed by atoms with Gasteiger partial charge in [-0.25, -0.2) is 0 Å². The first-order valence-electron chi connectivity index (χ1n) is 6.51. The molecule has 1 N–H and O–H groups in total. The smallest absolute Gasteiger partial charge is 0.138 e. The molecule has 2 nitrogen and oxygen atoms in total. The highest BCUT2D eigenvalue weighted by molar-refractivity contribution is 9.10. The number of nitrogens with one attached hydrogen (secondary N) is 1. The van der Waals surface area contributed by atoms with Crippen LogP contribution in [-0.2, 0) is 6.54 Å². The van der Waals surface area contributed by atoms with E-state index in [-0.39, 0.29) is 0 Å². The van der Waals surface area contributed by atoms with Crippen LogP contribution in [0, 0.1) is 6.92 Å². The lowest BCUT2D eigenvalue weighted by Crippen LogP contribution is -2.00. The van der Waals surface area contributed by atoms with Crippen LogP contribution in [0.4, 0.5) is 5.69 Å². The van der Waals surface area contributed by atoms with E-state index in [1.807, 2.05) is 25.1 Å². The molecule has 0 saturated carbocycles. The van der Waals surface area contributed by atoms with Gasteiger partial charge in [0.2, 0.25) is 0 Å².